The molecule has 1 aromatic rings. The van der Waals surface area contributed by atoms with E-state index in [9.17, 15) is 5.11 Å². The number of allylic oxidation sites excluding steroid dienone is 2. The smallest absolute Gasteiger partial charge is 0.169 e. The minimum atomic E-state index is -0.344. The Morgan fingerprint density at radius 3 is 2.80 bits per heavy atom. The Morgan fingerprint density at radius 2 is 2.15 bits per heavy atom. The van der Waals surface area contributed by atoms with Crippen LogP contribution in [-0.2, 0) is 0 Å². The van der Waals surface area contributed by atoms with E-state index < -0.39 is 0 Å². The number of phenolic OH excluding ortho intramolecular Hbond substituents is 1. The van der Waals surface area contributed by atoms with Crippen molar-refractivity contribution in [2.75, 3.05) is 7.11 Å². The zero-order valence-electron chi connectivity index (χ0n) is 12.6. The van der Waals surface area contributed by atoms with Crippen LogP contribution in [0.25, 0.3) is 6.08 Å². The molecule has 1 atom stereocenters. The molecule has 0 radical (unpaired) electrons. The van der Waals surface area contributed by atoms with Crippen LogP contribution in [0.5, 0.6) is 17.2 Å². The summed E-state index contributed by atoms with van der Waals surface area (Å²) in [6.45, 7) is 6.26. The van der Waals surface area contributed by atoms with Crippen molar-refractivity contribution in [3.63, 3.8) is 0 Å². The Kier molecular flexibility index (Phi) is 4.07. The maximum absolute atomic E-state index is 9.66. The van der Waals surface area contributed by atoms with Crippen molar-refractivity contribution < 1.29 is 14.6 Å². The molecule has 0 fully saturated rings. The van der Waals surface area contributed by atoms with Crippen molar-refractivity contribution in [1.29, 1.82) is 0 Å². The van der Waals surface area contributed by atoms with Gasteiger partial charge >= 0.3 is 0 Å². The van der Waals surface area contributed by atoms with Gasteiger partial charge in [-0.25, -0.2) is 0 Å². The van der Waals surface area contributed by atoms with Crippen molar-refractivity contribution in [2.24, 2.45) is 0 Å². The summed E-state index contributed by atoms with van der Waals surface area (Å²) in [5.74, 6) is 1.45. The third-order valence-corrected chi connectivity index (χ3v) is 3.43. The first-order valence-corrected chi connectivity index (χ1v) is 6.86. The number of hydrogen-bond donors (Lipinski definition) is 1. The zero-order valence-corrected chi connectivity index (χ0v) is 12.6. The largest absolute Gasteiger partial charge is 0.508 e. The molecule has 0 spiro atoms. The van der Waals surface area contributed by atoms with Crippen molar-refractivity contribution >= 4 is 6.08 Å². The van der Waals surface area contributed by atoms with Gasteiger partial charge in [-0.2, -0.15) is 0 Å². The number of benzene rings is 1. The summed E-state index contributed by atoms with van der Waals surface area (Å²) in [7, 11) is 1.58. The fourth-order valence-corrected chi connectivity index (χ4v) is 2.31. The topological polar surface area (TPSA) is 38.7 Å². The highest BCUT2D eigenvalue weighted by Crippen LogP contribution is 2.42. The third-order valence-electron chi connectivity index (χ3n) is 3.43. The van der Waals surface area contributed by atoms with Crippen molar-refractivity contribution in [1.82, 2.24) is 0 Å². The van der Waals surface area contributed by atoms with Crippen molar-refractivity contribution in [3.8, 4) is 17.2 Å². The molecule has 1 aliphatic heterocycles. The second kappa shape index (κ2) is 5.61. The van der Waals surface area contributed by atoms with Crippen LogP contribution in [0.3, 0.4) is 0 Å². The summed E-state index contributed by atoms with van der Waals surface area (Å²) in [5, 5.41) is 9.66. The summed E-state index contributed by atoms with van der Waals surface area (Å²) in [4.78, 5) is 0. The van der Waals surface area contributed by atoms with Crippen LogP contribution < -0.4 is 9.47 Å². The van der Waals surface area contributed by atoms with E-state index in [1.165, 1.54) is 5.57 Å². The molecule has 108 valence electrons. The van der Waals surface area contributed by atoms with Crippen LogP contribution in [-0.4, -0.2) is 17.8 Å². The number of hydrogen-bond acceptors (Lipinski definition) is 3. The molecule has 0 aromatic heterocycles. The molecule has 1 aromatic carbocycles. The second-order valence-corrected chi connectivity index (χ2v) is 5.63. The molecule has 20 heavy (non-hydrogen) atoms. The lowest BCUT2D eigenvalue weighted by Gasteiger charge is -2.32. The average Bonchev–Trinajstić information content (AvgIpc) is 2.38. The number of fused-ring (bicyclic) bond motifs is 1. The number of rotatable bonds is 4. The lowest BCUT2D eigenvalue weighted by Crippen LogP contribution is -2.31. The molecule has 3 nitrogen and oxygen atoms in total. The number of aromatic hydroxyl groups is 1. The van der Waals surface area contributed by atoms with E-state index in [2.05, 4.69) is 26.8 Å². The van der Waals surface area contributed by atoms with Crippen LogP contribution >= 0.6 is 0 Å². The molecule has 0 saturated carbocycles. The van der Waals surface area contributed by atoms with Gasteiger partial charge in [0.2, 0.25) is 0 Å². The number of phenols is 1. The van der Waals surface area contributed by atoms with Crippen LogP contribution in [0, 0.1) is 0 Å². The quantitative estimate of drug-likeness (QED) is 0.831. The number of methoxy groups -OCH3 is 1. The Balaban J connectivity index is 2.24. The van der Waals surface area contributed by atoms with E-state index in [4.69, 9.17) is 9.47 Å². The summed E-state index contributed by atoms with van der Waals surface area (Å²) >= 11 is 0. The van der Waals surface area contributed by atoms with Gasteiger partial charge in [-0.1, -0.05) is 17.7 Å². The molecule has 3 heteroatoms. The van der Waals surface area contributed by atoms with Gasteiger partial charge in [-0.3, -0.25) is 0 Å². The van der Waals surface area contributed by atoms with E-state index in [-0.39, 0.29) is 11.4 Å². The van der Waals surface area contributed by atoms with Crippen LogP contribution in [0.1, 0.15) is 39.2 Å². The highest BCUT2D eigenvalue weighted by atomic mass is 16.5. The summed E-state index contributed by atoms with van der Waals surface area (Å²) < 4.78 is 11.4. The Morgan fingerprint density at radius 1 is 1.40 bits per heavy atom. The Bertz CT molecular complexity index is 554. The third kappa shape index (κ3) is 3.16. The molecule has 0 amide bonds. The predicted octanol–water partition coefficient (Wildman–Crippen LogP) is 4.31. The Hall–Kier alpha value is -1.90. The van der Waals surface area contributed by atoms with Gasteiger partial charge in [0.25, 0.3) is 0 Å². The van der Waals surface area contributed by atoms with E-state index in [1.54, 1.807) is 19.2 Å². The lowest BCUT2D eigenvalue weighted by molar-refractivity contribution is 0.123. The highest BCUT2D eigenvalue weighted by Gasteiger charge is 2.29. The van der Waals surface area contributed by atoms with Crippen LogP contribution in [0.15, 0.2) is 29.9 Å². The van der Waals surface area contributed by atoms with Gasteiger partial charge in [-0.05, 0) is 45.8 Å². The van der Waals surface area contributed by atoms with Crippen molar-refractivity contribution in [3.05, 3.63) is 35.4 Å². The molecular weight excluding hydrogens is 252 g/mol. The first-order valence-electron chi connectivity index (χ1n) is 6.86. The van der Waals surface area contributed by atoms with Gasteiger partial charge in [0.15, 0.2) is 11.5 Å². The second-order valence-electron chi connectivity index (χ2n) is 5.63. The normalized spacial score (nSPS) is 20.0. The van der Waals surface area contributed by atoms with E-state index in [1.807, 2.05) is 12.2 Å². The number of ether oxygens (including phenoxy) is 2. The summed E-state index contributed by atoms with van der Waals surface area (Å²) in [6, 6.07) is 3.26. The van der Waals surface area contributed by atoms with E-state index in [0.717, 1.165) is 18.4 Å². The molecule has 1 heterocycles. The van der Waals surface area contributed by atoms with E-state index >= 15 is 0 Å². The van der Waals surface area contributed by atoms with Gasteiger partial charge in [0, 0.05) is 11.6 Å². The molecule has 0 aliphatic carbocycles. The van der Waals surface area contributed by atoms with Crippen LogP contribution in [0.2, 0.25) is 0 Å². The predicted molar refractivity (Wildman–Crippen MR) is 81.4 cm³/mol. The first-order chi connectivity index (χ1) is 9.43. The molecule has 0 bridgehead atoms. The standard InChI is InChI=1S/C17H22O3/c1-12(2)6-5-8-17(3)9-7-13-10-14(18)11-15(19-4)16(13)20-17/h6-7,9-11,18H,5,8H2,1-4H3. The minimum absolute atomic E-state index is 0.182. The molecular formula is C17H22O3. The SMILES string of the molecule is COc1cc(O)cc2c1OC(C)(CCC=C(C)C)C=C2. The maximum atomic E-state index is 9.66. The maximum Gasteiger partial charge on any atom is 0.169 e. The highest BCUT2D eigenvalue weighted by molar-refractivity contribution is 5.67. The lowest BCUT2D eigenvalue weighted by atomic mass is 9.94. The molecule has 0 saturated heterocycles. The summed E-state index contributed by atoms with van der Waals surface area (Å²) in [6.07, 6.45) is 8.12. The van der Waals surface area contributed by atoms with Gasteiger partial charge < -0.3 is 14.6 Å². The van der Waals surface area contributed by atoms with Gasteiger partial charge in [0.1, 0.15) is 11.4 Å². The Labute approximate surface area is 120 Å². The van der Waals surface area contributed by atoms with Gasteiger partial charge in [-0.15, -0.1) is 0 Å². The fourth-order valence-electron chi connectivity index (χ4n) is 2.31. The molecule has 1 N–H and O–H groups in total. The summed E-state index contributed by atoms with van der Waals surface area (Å²) in [5.41, 5.74) is 1.82. The van der Waals surface area contributed by atoms with Crippen LogP contribution in [0.4, 0.5) is 0 Å². The van der Waals surface area contributed by atoms with E-state index in [0.29, 0.717) is 11.5 Å². The molecule has 1 unspecified atom stereocenters. The minimum Gasteiger partial charge on any atom is -0.508 e. The monoisotopic (exact) mass is 274 g/mol. The molecule has 1 aliphatic rings. The fraction of sp³-hybridized carbons (Fsp3) is 0.412. The van der Waals surface area contributed by atoms with Crippen molar-refractivity contribution in [2.45, 2.75) is 39.2 Å². The molecule has 2 rings (SSSR count). The zero-order chi connectivity index (χ0) is 14.8. The average molecular weight is 274 g/mol. The first kappa shape index (κ1) is 14.5. The van der Waals surface area contributed by atoms with Gasteiger partial charge in [0.05, 0.1) is 7.11 Å².